The predicted molar refractivity (Wildman–Crippen MR) is 84.5 cm³/mol. The number of nitrogens with two attached hydrogens (primary N) is 1. The SMILES string of the molecule is C=C1c2ccccc2C(=O)N1Cc1ccc(CCN)cc1. The predicted octanol–water partition coefficient (Wildman–Crippen LogP) is 2.81. The van der Waals surface area contributed by atoms with Gasteiger partial charge in [-0.15, -0.1) is 0 Å². The zero-order valence-electron chi connectivity index (χ0n) is 11.9. The molecule has 3 nitrogen and oxygen atoms in total. The summed E-state index contributed by atoms with van der Waals surface area (Å²) < 4.78 is 0. The summed E-state index contributed by atoms with van der Waals surface area (Å²) in [7, 11) is 0. The van der Waals surface area contributed by atoms with Crippen molar-refractivity contribution >= 4 is 11.6 Å². The van der Waals surface area contributed by atoms with Crippen LogP contribution in [0.3, 0.4) is 0 Å². The molecule has 1 aliphatic rings. The van der Waals surface area contributed by atoms with Gasteiger partial charge >= 0.3 is 0 Å². The van der Waals surface area contributed by atoms with E-state index in [4.69, 9.17) is 5.73 Å². The number of fused-ring (bicyclic) bond motifs is 1. The number of benzene rings is 2. The maximum absolute atomic E-state index is 12.4. The van der Waals surface area contributed by atoms with Crippen LogP contribution in [0.2, 0.25) is 0 Å². The lowest BCUT2D eigenvalue weighted by Gasteiger charge is -2.17. The van der Waals surface area contributed by atoms with E-state index in [0.717, 1.165) is 28.8 Å². The zero-order valence-corrected chi connectivity index (χ0v) is 11.9. The Hall–Kier alpha value is -2.39. The summed E-state index contributed by atoms with van der Waals surface area (Å²) in [5.74, 6) is 0.0293. The van der Waals surface area contributed by atoms with E-state index < -0.39 is 0 Å². The Bertz CT molecular complexity index is 654. The first kappa shape index (κ1) is 13.6. The highest BCUT2D eigenvalue weighted by molar-refractivity contribution is 6.08. The molecule has 1 amide bonds. The van der Waals surface area contributed by atoms with Crippen molar-refractivity contribution in [3.05, 3.63) is 77.4 Å². The van der Waals surface area contributed by atoms with Crippen molar-refractivity contribution in [2.24, 2.45) is 5.73 Å². The zero-order chi connectivity index (χ0) is 14.8. The number of rotatable bonds is 4. The molecule has 3 rings (SSSR count). The third-order valence-corrected chi connectivity index (χ3v) is 3.84. The molecule has 2 aromatic rings. The van der Waals surface area contributed by atoms with E-state index in [9.17, 15) is 4.79 Å². The lowest BCUT2D eigenvalue weighted by atomic mass is 10.1. The highest BCUT2D eigenvalue weighted by atomic mass is 16.2. The molecule has 1 heterocycles. The van der Waals surface area contributed by atoms with Crippen molar-refractivity contribution in [1.82, 2.24) is 4.90 Å². The minimum atomic E-state index is 0.0293. The van der Waals surface area contributed by atoms with Gasteiger partial charge in [0.1, 0.15) is 0 Å². The van der Waals surface area contributed by atoms with Crippen molar-refractivity contribution in [1.29, 1.82) is 0 Å². The smallest absolute Gasteiger partial charge is 0.259 e. The molecule has 2 aromatic carbocycles. The van der Waals surface area contributed by atoms with E-state index in [1.54, 1.807) is 4.90 Å². The van der Waals surface area contributed by atoms with E-state index in [1.165, 1.54) is 5.56 Å². The molecule has 0 spiro atoms. The molecule has 0 radical (unpaired) electrons. The highest BCUT2D eigenvalue weighted by Crippen LogP contribution is 2.32. The van der Waals surface area contributed by atoms with Gasteiger partial charge in [0.05, 0.1) is 6.54 Å². The van der Waals surface area contributed by atoms with E-state index in [2.05, 4.69) is 30.8 Å². The molecule has 0 atom stereocenters. The largest absolute Gasteiger partial charge is 0.330 e. The summed E-state index contributed by atoms with van der Waals surface area (Å²) in [6.45, 7) is 5.26. The highest BCUT2D eigenvalue weighted by Gasteiger charge is 2.30. The van der Waals surface area contributed by atoms with Crippen molar-refractivity contribution in [2.75, 3.05) is 6.54 Å². The first-order valence-electron chi connectivity index (χ1n) is 7.09. The number of nitrogens with zero attached hydrogens (tertiary/aromatic N) is 1. The fourth-order valence-corrected chi connectivity index (χ4v) is 2.66. The van der Waals surface area contributed by atoms with Crippen LogP contribution in [0.5, 0.6) is 0 Å². The molecule has 1 aliphatic heterocycles. The summed E-state index contributed by atoms with van der Waals surface area (Å²) in [6, 6.07) is 15.9. The molecular formula is C18H18N2O. The number of amides is 1. The van der Waals surface area contributed by atoms with Crippen LogP contribution in [-0.2, 0) is 13.0 Å². The molecule has 0 saturated carbocycles. The molecule has 3 heteroatoms. The molecule has 2 N–H and O–H groups in total. The first-order valence-corrected chi connectivity index (χ1v) is 7.09. The van der Waals surface area contributed by atoms with Crippen LogP contribution in [0.4, 0.5) is 0 Å². The average molecular weight is 278 g/mol. The van der Waals surface area contributed by atoms with Crippen LogP contribution in [0.15, 0.2) is 55.1 Å². The number of hydrogen-bond acceptors (Lipinski definition) is 2. The van der Waals surface area contributed by atoms with E-state index in [-0.39, 0.29) is 5.91 Å². The van der Waals surface area contributed by atoms with Crippen molar-refractivity contribution in [3.8, 4) is 0 Å². The Morgan fingerprint density at radius 2 is 1.57 bits per heavy atom. The molecule has 0 aliphatic carbocycles. The lowest BCUT2D eigenvalue weighted by molar-refractivity contribution is 0.0843. The number of hydrogen-bond donors (Lipinski definition) is 1. The van der Waals surface area contributed by atoms with Crippen molar-refractivity contribution < 1.29 is 4.79 Å². The van der Waals surface area contributed by atoms with Crippen molar-refractivity contribution in [3.63, 3.8) is 0 Å². The van der Waals surface area contributed by atoms with Gasteiger partial charge in [-0.1, -0.05) is 49.0 Å². The second-order valence-electron chi connectivity index (χ2n) is 5.24. The topological polar surface area (TPSA) is 46.3 Å². The van der Waals surface area contributed by atoms with E-state index in [0.29, 0.717) is 13.1 Å². The Labute approximate surface area is 124 Å². The third-order valence-electron chi connectivity index (χ3n) is 3.84. The third kappa shape index (κ3) is 2.48. The van der Waals surface area contributed by atoms with Gasteiger partial charge in [-0.3, -0.25) is 4.79 Å². The van der Waals surface area contributed by atoms with Crippen LogP contribution in [0, 0.1) is 0 Å². The minimum absolute atomic E-state index is 0.0293. The van der Waals surface area contributed by atoms with Crippen molar-refractivity contribution in [2.45, 2.75) is 13.0 Å². The van der Waals surface area contributed by atoms with Gasteiger partial charge in [-0.25, -0.2) is 0 Å². The van der Waals surface area contributed by atoms with Crippen LogP contribution < -0.4 is 5.73 Å². The lowest BCUT2D eigenvalue weighted by Crippen LogP contribution is -2.22. The number of carbonyl (C=O) groups excluding carboxylic acids is 1. The summed E-state index contributed by atoms with van der Waals surface area (Å²) in [5.41, 5.74) is 10.3. The fraction of sp³-hybridized carbons (Fsp3) is 0.167. The van der Waals surface area contributed by atoms with E-state index in [1.807, 2.05) is 24.3 Å². The molecule has 0 unspecified atom stereocenters. The standard InChI is InChI=1S/C18H18N2O/c1-13-16-4-2-3-5-17(16)18(21)20(13)12-15-8-6-14(7-9-15)10-11-19/h2-9H,1,10-12,19H2. The molecule has 21 heavy (non-hydrogen) atoms. The van der Waals surface area contributed by atoms with Crippen LogP contribution in [0.25, 0.3) is 5.70 Å². The average Bonchev–Trinajstić information content (AvgIpc) is 2.75. The van der Waals surface area contributed by atoms with Gasteiger partial charge < -0.3 is 10.6 Å². The Kier molecular flexibility index (Phi) is 3.59. The Morgan fingerprint density at radius 1 is 0.952 bits per heavy atom. The van der Waals surface area contributed by atoms with Gasteiger partial charge in [0.25, 0.3) is 5.91 Å². The maximum Gasteiger partial charge on any atom is 0.259 e. The van der Waals surface area contributed by atoms with Gasteiger partial charge in [-0.2, -0.15) is 0 Å². The second-order valence-corrected chi connectivity index (χ2v) is 5.24. The summed E-state index contributed by atoms with van der Waals surface area (Å²) in [5, 5.41) is 0. The van der Waals surface area contributed by atoms with Gasteiger partial charge in [0.2, 0.25) is 0 Å². The molecule has 0 saturated heterocycles. The monoisotopic (exact) mass is 278 g/mol. The minimum Gasteiger partial charge on any atom is -0.330 e. The number of carbonyl (C=O) groups is 1. The summed E-state index contributed by atoms with van der Waals surface area (Å²) >= 11 is 0. The quantitative estimate of drug-likeness (QED) is 0.934. The van der Waals surface area contributed by atoms with Gasteiger partial charge in [0.15, 0.2) is 0 Å². The van der Waals surface area contributed by atoms with Crippen LogP contribution in [-0.4, -0.2) is 17.4 Å². The molecule has 0 fully saturated rings. The maximum atomic E-state index is 12.4. The van der Waals surface area contributed by atoms with Gasteiger partial charge in [0, 0.05) is 16.8 Å². The normalized spacial score (nSPS) is 13.7. The Balaban J connectivity index is 1.80. The molecular weight excluding hydrogens is 260 g/mol. The Morgan fingerprint density at radius 3 is 2.19 bits per heavy atom. The fourth-order valence-electron chi connectivity index (χ4n) is 2.66. The molecule has 0 bridgehead atoms. The summed E-state index contributed by atoms with van der Waals surface area (Å²) in [6.07, 6.45) is 0.876. The van der Waals surface area contributed by atoms with Crippen LogP contribution >= 0.6 is 0 Å². The van der Waals surface area contributed by atoms with Gasteiger partial charge in [-0.05, 0) is 30.2 Å². The first-order chi connectivity index (χ1) is 10.2. The molecule has 0 aromatic heterocycles. The van der Waals surface area contributed by atoms with E-state index >= 15 is 0 Å². The summed E-state index contributed by atoms with van der Waals surface area (Å²) in [4.78, 5) is 14.2. The second kappa shape index (κ2) is 5.54. The van der Waals surface area contributed by atoms with Crippen LogP contribution in [0.1, 0.15) is 27.0 Å². The molecule has 106 valence electrons.